The molecule has 0 radical (unpaired) electrons. The van der Waals surface area contributed by atoms with Crippen LogP contribution in [0.25, 0.3) is 10.6 Å². The molecule has 84 valence electrons. The van der Waals surface area contributed by atoms with Crippen molar-refractivity contribution in [2.75, 3.05) is 0 Å². The number of hydrogen-bond acceptors (Lipinski definition) is 5. The van der Waals surface area contributed by atoms with E-state index in [9.17, 15) is 13.6 Å². The first-order chi connectivity index (χ1) is 7.61. The Labute approximate surface area is 91.3 Å². The third-order valence-corrected chi connectivity index (χ3v) is 2.58. The van der Waals surface area contributed by atoms with Crippen molar-refractivity contribution in [2.24, 2.45) is 0 Å². The molecule has 2 aromatic rings. The summed E-state index contributed by atoms with van der Waals surface area (Å²) in [6.45, 7) is 0. The number of alkyl halides is 2. The predicted octanol–water partition coefficient (Wildman–Crippen LogP) is 2.43. The molecule has 2 aromatic heterocycles. The molecule has 16 heavy (non-hydrogen) atoms. The third-order valence-electron chi connectivity index (χ3n) is 1.80. The van der Waals surface area contributed by atoms with Crippen LogP contribution in [0.15, 0.2) is 16.2 Å². The van der Waals surface area contributed by atoms with Gasteiger partial charge in [0.25, 0.3) is 6.43 Å². The Morgan fingerprint density at radius 3 is 2.81 bits per heavy atom. The fourth-order valence-corrected chi connectivity index (χ4v) is 1.77. The maximum absolute atomic E-state index is 12.4. The molecule has 0 spiro atoms. The second kappa shape index (κ2) is 3.97. The summed E-state index contributed by atoms with van der Waals surface area (Å²) < 4.78 is 29.2. The van der Waals surface area contributed by atoms with Crippen LogP contribution in [0.3, 0.4) is 0 Å². The molecule has 2 heterocycles. The molecule has 0 saturated carbocycles. The van der Waals surface area contributed by atoms with Crippen LogP contribution in [0, 0.1) is 0 Å². The van der Waals surface area contributed by atoms with E-state index in [0.717, 1.165) is 11.3 Å². The van der Waals surface area contributed by atoms with Crippen LogP contribution < -0.4 is 0 Å². The average molecular weight is 246 g/mol. The van der Waals surface area contributed by atoms with E-state index >= 15 is 0 Å². The SMILES string of the molecule is O=C(O)c1c(-c2cncs2)noc1C(F)F. The Morgan fingerprint density at radius 1 is 1.56 bits per heavy atom. The Hall–Kier alpha value is -1.83. The maximum atomic E-state index is 12.4. The van der Waals surface area contributed by atoms with E-state index < -0.39 is 23.7 Å². The number of carboxylic acids is 1. The van der Waals surface area contributed by atoms with E-state index in [2.05, 4.69) is 14.7 Å². The first kappa shape index (κ1) is 10.7. The number of carboxylic acid groups (broad SMARTS) is 1. The van der Waals surface area contributed by atoms with Gasteiger partial charge in [-0.25, -0.2) is 13.6 Å². The Morgan fingerprint density at radius 2 is 2.31 bits per heavy atom. The molecule has 1 N–H and O–H groups in total. The quantitative estimate of drug-likeness (QED) is 0.899. The Kier molecular flexibility index (Phi) is 2.65. The molecule has 0 fully saturated rings. The molecule has 0 amide bonds. The molecule has 0 bridgehead atoms. The zero-order valence-corrected chi connectivity index (χ0v) is 8.37. The number of halogens is 2. The van der Waals surface area contributed by atoms with Gasteiger partial charge in [0.15, 0.2) is 0 Å². The third kappa shape index (κ3) is 1.67. The summed E-state index contributed by atoms with van der Waals surface area (Å²) in [7, 11) is 0. The highest BCUT2D eigenvalue weighted by atomic mass is 32.1. The van der Waals surface area contributed by atoms with Gasteiger partial charge >= 0.3 is 5.97 Å². The number of thiazole rings is 1. The van der Waals surface area contributed by atoms with Crippen molar-refractivity contribution < 1.29 is 23.2 Å². The van der Waals surface area contributed by atoms with E-state index in [1.54, 1.807) is 0 Å². The first-order valence-corrected chi connectivity index (χ1v) is 4.89. The molecule has 2 rings (SSSR count). The van der Waals surface area contributed by atoms with E-state index in [1.165, 1.54) is 11.7 Å². The number of rotatable bonds is 3. The highest BCUT2D eigenvalue weighted by Crippen LogP contribution is 2.32. The van der Waals surface area contributed by atoms with Crippen LogP contribution >= 0.6 is 11.3 Å². The van der Waals surface area contributed by atoms with Gasteiger partial charge in [0, 0.05) is 6.20 Å². The van der Waals surface area contributed by atoms with Crippen molar-refractivity contribution in [1.29, 1.82) is 0 Å². The van der Waals surface area contributed by atoms with Gasteiger partial charge in [-0.1, -0.05) is 5.16 Å². The fraction of sp³-hybridized carbons (Fsp3) is 0.125. The Bertz CT molecular complexity index is 509. The van der Waals surface area contributed by atoms with Gasteiger partial charge in [-0.05, 0) is 0 Å². The molecule has 0 atom stereocenters. The van der Waals surface area contributed by atoms with Crippen LogP contribution in [0.4, 0.5) is 8.78 Å². The minimum absolute atomic E-state index is 0.120. The van der Waals surface area contributed by atoms with Gasteiger partial charge in [0.1, 0.15) is 11.3 Å². The number of nitrogens with zero attached hydrogens (tertiary/aromatic N) is 2. The van der Waals surface area contributed by atoms with E-state index in [-0.39, 0.29) is 5.69 Å². The molecule has 0 aliphatic heterocycles. The molecule has 0 aliphatic rings. The van der Waals surface area contributed by atoms with Gasteiger partial charge in [-0.2, -0.15) is 0 Å². The molecule has 0 aromatic carbocycles. The van der Waals surface area contributed by atoms with Crippen molar-refractivity contribution in [3.05, 3.63) is 23.0 Å². The lowest BCUT2D eigenvalue weighted by Gasteiger charge is -1.95. The summed E-state index contributed by atoms with van der Waals surface area (Å²) in [5.41, 5.74) is 0.710. The van der Waals surface area contributed by atoms with Crippen molar-refractivity contribution in [3.8, 4) is 10.6 Å². The molecular formula is C8H4F2N2O3S. The van der Waals surface area contributed by atoms with E-state index in [0.29, 0.717) is 4.88 Å². The van der Waals surface area contributed by atoms with Crippen LogP contribution in [0.2, 0.25) is 0 Å². The summed E-state index contributed by atoms with van der Waals surface area (Å²) in [6, 6.07) is 0. The topological polar surface area (TPSA) is 76.2 Å². The highest BCUT2D eigenvalue weighted by molar-refractivity contribution is 7.13. The summed E-state index contributed by atoms with van der Waals surface area (Å²) in [4.78, 5) is 14.9. The average Bonchev–Trinajstić information content (AvgIpc) is 2.85. The number of hydrogen-bond donors (Lipinski definition) is 1. The zero-order valence-electron chi connectivity index (χ0n) is 7.55. The summed E-state index contributed by atoms with van der Waals surface area (Å²) >= 11 is 1.09. The minimum Gasteiger partial charge on any atom is -0.477 e. The van der Waals surface area contributed by atoms with Gasteiger partial charge in [0.2, 0.25) is 5.76 Å². The predicted molar refractivity (Wildman–Crippen MR) is 49.5 cm³/mol. The molecule has 0 aliphatic carbocycles. The zero-order chi connectivity index (χ0) is 11.7. The molecule has 0 saturated heterocycles. The van der Waals surface area contributed by atoms with Crippen molar-refractivity contribution >= 4 is 17.3 Å². The van der Waals surface area contributed by atoms with Gasteiger partial charge in [-0.3, -0.25) is 4.98 Å². The smallest absolute Gasteiger partial charge is 0.341 e. The second-order valence-corrected chi connectivity index (χ2v) is 3.63. The Balaban J connectivity index is 2.59. The summed E-state index contributed by atoms with van der Waals surface area (Å²) in [5, 5.41) is 12.2. The number of aromatic carboxylic acids is 1. The molecular weight excluding hydrogens is 242 g/mol. The van der Waals surface area contributed by atoms with E-state index in [1.807, 2.05) is 0 Å². The fourth-order valence-electron chi connectivity index (χ4n) is 1.16. The van der Waals surface area contributed by atoms with Crippen molar-refractivity contribution in [3.63, 3.8) is 0 Å². The van der Waals surface area contributed by atoms with Gasteiger partial charge in [0.05, 0.1) is 10.4 Å². The van der Waals surface area contributed by atoms with Crippen LogP contribution in [-0.4, -0.2) is 21.2 Å². The van der Waals surface area contributed by atoms with Gasteiger partial charge in [-0.15, -0.1) is 11.3 Å². The van der Waals surface area contributed by atoms with Gasteiger partial charge < -0.3 is 9.63 Å². The largest absolute Gasteiger partial charge is 0.477 e. The van der Waals surface area contributed by atoms with Crippen LogP contribution in [0.1, 0.15) is 22.5 Å². The lowest BCUT2D eigenvalue weighted by atomic mass is 10.2. The number of aromatic nitrogens is 2. The normalized spacial score (nSPS) is 10.9. The number of carbonyl (C=O) groups is 1. The van der Waals surface area contributed by atoms with Crippen molar-refractivity contribution in [2.45, 2.75) is 6.43 Å². The summed E-state index contributed by atoms with van der Waals surface area (Å²) in [5.74, 6) is -2.43. The highest BCUT2D eigenvalue weighted by Gasteiger charge is 2.29. The van der Waals surface area contributed by atoms with Crippen LogP contribution in [0.5, 0.6) is 0 Å². The lowest BCUT2D eigenvalue weighted by Crippen LogP contribution is -2.01. The minimum atomic E-state index is -3.01. The molecule has 8 heteroatoms. The van der Waals surface area contributed by atoms with Crippen LogP contribution in [-0.2, 0) is 0 Å². The first-order valence-electron chi connectivity index (χ1n) is 4.01. The molecule has 0 unspecified atom stereocenters. The second-order valence-electron chi connectivity index (χ2n) is 2.74. The maximum Gasteiger partial charge on any atom is 0.341 e. The lowest BCUT2D eigenvalue weighted by molar-refractivity contribution is 0.0670. The molecule has 5 nitrogen and oxygen atoms in total. The standard InChI is InChI=1S/C8H4F2N2O3S/c9-7(10)6-4(8(13)14)5(12-15-6)3-1-11-2-16-3/h1-2,7H,(H,13,14). The summed E-state index contributed by atoms with van der Waals surface area (Å²) in [6.07, 6.45) is -1.68. The van der Waals surface area contributed by atoms with Crippen molar-refractivity contribution in [1.82, 2.24) is 10.1 Å². The van der Waals surface area contributed by atoms with E-state index in [4.69, 9.17) is 5.11 Å². The monoisotopic (exact) mass is 246 g/mol.